The fourth-order valence-electron chi connectivity index (χ4n) is 4.47. The first-order chi connectivity index (χ1) is 16.6. The molecule has 2 aliphatic heterocycles. The van der Waals surface area contributed by atoms with Crippen LogP contribution >= 0.6 is 0 Å². The summed E-state index contributed by atoms with van der Waals surface area (Å²) in [5.74, 6) is 1.08. The van der Waals surface area contributed by atoms with Crippen LogP contribution in [0.25, 0.3) is 0 Å². The summed E-state index contributed by atoms with van der Waals surface area (Å²) >= 11 is 0. The summed E-state index contributed by atoms with van der Waals surface area (Å²) in [7, 11) is 0. The van der Waals surface area contributed by atoms with Gasteiger partial charge in [0.05, 0.1) is 12.3 Å². The van der Waals surface area contributed by atoms with Gasteiger partial charge in [0.25, 0.3) is 11.8 Å². The first-order valence-corrected chi connectivity index (χ1v) is 12.1. The maximum Gasteiger partial charge on any atom is 0.260 e. The highest BCUT2D eigenvalue weighted by atomic mass is 16.5. The minimum Gasteiger partial charge on any atom is -0.506 e. The van der Waals surface area contributed by atoms with Crippen LogP contribution in [0.15, 0.2) is 42.5 Å². The Labute approximate surface area is 200 Å². The van der Waals surface area contributed by atoms with Crippen LogP contribution in [0.3, 0.4) is 0 Å². The summed E-state index contributed by atoms with van der Waals surface area (Å²) < 4.78 is 11.5. The predicted molar refractivity (Wildman–Crippen MR) is 130 cm³/mol. The van der Waals surface area contributed by atoms with Gasteiger partial charge in [-0.15, -0.1) is 0 Å². The molecule has 2 aliphatic rings. The quantitative estimate of drug-likeness (QED) is 0.674. The van der Waals surface area contributed by atoms with Gasteiger partial charge in [0.15, 0.2) is 18.1 Å². The largest absolute Gasteiger partial charge is 0.506 e. The lowest BCUT2D eigenvalue weighted by atomic mass is 10.1. The van der Waals surface area contributed by atoms with Crippen molar-refractivity contribution < 1.29 is 24.2 Å². The predicted octanol–water partition coefficient (Wildman–Crippen LogP) is 3.14. The van der Waals surface area contributed by atoms with E-state index in [4.69, 9.17) is 9.47 Å². The molecular formula is C26H33N3O5. The van der Waals surface area contributed by atoms with Gasteiger partial charge < -0.3 is 29.3 Å². The number of carbonyl (C=O) groups is 2. The Morgan fingerprint density at radius 2 is 1.59 bits per heavy atom. The lowest BCUT2D eigenvalue weighted by molar-refractivity contribution is -0.134. The van der Waals surface area contributed by atoms with Crippen LogP contribution in [0.1, 0.15) is 36.5 Å². The first-order valence-electron chi connectivity index (χ1n) is 12.1. The standard InChI is InChI=1S/C26H33N3O5/c1-2-33-24-18-20(10-11-23(24)34-19-25(31)28-12-6-3-7-13-28)26(32)29-16-14-27(15-17-29)21-8-4-5-9-22(21)30/h4-5,8-11,18,30H,2-3,6-7,12-17,19H2,1H3. The average molecular weight is 468 g/mol. The molecule has 0 radical (unpaired) electrons. The van der Waals surface area contributed by atoms with Crippen LogP contribution < -0.4 is 14.4 Å². The number of benzene rings is 2. The summed E-state index contributed by atoms with van der Waals surface area (Å²) in [6.07, 6.45) is 3.24. The third kappa shape index (κ3) is 5.55. The zero-order valence-corrected chi connectivity index (χ0v) is 19.7. The van der Waals surface area contributed by atoms with Crippen LogP contribution in [0, 0.1) is 0 Å². The molecule has 2 amide bonds. The Morgan fingerprint density at radius 3 is 2.29 bits per heavy atom. The highest BCUT2D eigenvalue weighted by Crippen LogP contribution is 2.30. The molecule has 0 atom stereocenters. The smallest absolute Gasteiger partial charge is 0.260 e. The molecule has 182 valence electrons. The second-order valence-corrected chi connectivity index (χ2v) is 8.59. The number of nitrogens with zero attached hydrogens (tertiary/aromatic N) is 3. The first kappa shape index (κ1) is 23.7. The fraction of sp³-hybridized carbons (Fsp3) is 0.462. The Morgan fingerprint density at radius 1 is 0.853 bits per heavy atom. The van der Waals surface area contributed by atoms with E-state index in [1.807, 2.05) is 28.9 Å². The number of para-hydroxylation sites is 2. The molecule has 8 nitrogen and oxygen atoms in total. The van der Waals surface area contributed by atoms with Gasteiger partial charge in [-0.2, -0.15) is 0 Å². The molecule has 34 heavy (non-hydrogen) atoms. The molecule has 2 aromatic carbocycles. The van der Waals surface area contributed by atoms with Crippen LogP contribution in [0.2, 0.25) is 0 Å². The molecule has 1 N–H and O–H groups in total. The van der Waals surface area contributed by atoms with Crippen molar-refractivity contribution in [3.8, 4) is 17.2 Å². The van der Waals surface area contributed by atoms with Crippen molar-refractivity contribution in [2.24, 2.45) is 0 Å². The molecule has 0 bridgehead atoms. The summed E-state index contributed by atoms with van der Waals surface area (Å²) in [5, 5.41) is 10.1. The zero-order chi connectivity index (χ0) is 23.9. The van der Waals surface area contributed by atoms with Crippen molar-refractivity contribution in [3.63, 3.8) is 0 Å². The minimum absolute atomic E-state index is 0.0235. The van der Waals surface area contributed by atoms with E-state index in [1.54, 1.807) is 30.3 Å². The Kier molecular flexibility index (Phi) is 7.77. The summed E-state index contributed by atoms with van der Waals surface area (Å²) in [6.45, 7) is 6.21. The third-order valence-electron chi connectivity index (χ3n) is 6.34. The van der Waals surface area contributed by atoms with Crippen molar-refractivity contribution in [3.05, 3.63) is 48.0 Å². The van der Waals surface area contributed by atoms with Crippen LogP contribution in [0.4, 0.5) is 5.69 Å². The van der Waals surface area contributed by atoms with Crippen molar-refractivity contribution >= 4 is 17.5 Å². The molecule has 0 aliphatic carbocycles. The molecule has 2 heterocycles. The molecule has 0 unspecified atom stereocenters. The van der Waals surface area contributed by atoms with Gasteiger partial charge in [0.2, 0.25) is 0 Å². The normalized spacial score (nSPS) is 16.3. The third-order valence-corrected chi connectivity index (χ3v) is 6.34. The van der Waals surface area contributed by atoms with Gasteiger partial charge in [-0.25, -0.2) is 0 Å². The van der Waals surface area contributed by atoms with Gasteiger partial charge in [-0.3, -0.25) is 9.59 Å². The second kappa shape index (κ2) is 11.1. The minimum atomic E-state index is -0.0752. The SMILES string of the molecule is CCOc1cc(C(=O)N2CCN(c3ccccc3O)CC2)ccc1OCC(=O)N1CCCCC1. The Hall–Kier alpha value is -3.42. The lowest BCUT2D eigenvalue weighted by Gasteiger charge is -2.36. The maximum absolute atomic E-state index is 13.2. The number of rotatable bonds is 7. The molecule has 0 aromatic heterocycles. The highest BCUT2D eigenvalue weighted by Gasteiger charge is 2.25. The Bertz CT molecular complexity index is 998. The van der Waals surface area contributed by atoms with E-state index in [9.17, 15) is 14.7 Å². The van der Waals surface area contributed by atoms with E-state index in [1.165, 1.54) is 6.42 Å². The van der Waals surface area contributed by atoms with Crippen LogP contribution in [-0.4, -0.2) is 79.2 Å². The Balaban J connectivity index is 1.38. The number of carbonyl (C=O) groups excluding carboxylic acids is 2. The molecule has 0 saturated carbocycles. The topological polar surface area (TPSA) is 82.5 Å². The summed E-state index contributed by atoms with van der Waals surface area (Å²) in [4.78, 5) is 31.3. The van der Waals surface area contributed by atoms with E-state index in [-0.39, 0.29) is 24.2 Å². The number of anilines is 1. The van der Waals surface area contributed by atoms with E-state index in [2.05, 4.69) is 4.90 Å². The number of hydrogen-bond acceptors (Lipinski definition) is 6. The van der Waals surface area contributed by atoms with Crippen LogP contribution in [0.5, 0.6) is 17.2 Å². The number of piperidine rings is 1. The number of hydrogen-bond donors (Lipinski definition) is 1. The van der Waals surface area contributed by atoms with E-state index in [0.717, 1.165) is 31.6 Å². The second-order valence-electron chi connectivity index (χ2n) is 8.59. The van der Waals surface area contributed by atoms with Gasteiger partial charge >= 0.3 is 0 Å². The average Bonchev–Trinajstić information content (AvgIpc) is 2.88. The van der Waals surface area contributed by atoms with Crippen molar-refractivity contribution in [1.29, 1.82) is 0 Å². The number of piperazine rings is 1. The van der Waals surface area contributed by atoms with Crippen LogP contribution in [-0.2, 0) is 4.79 Å². The molecule has 4 rings (SSSR count). The number of amides is 2. The van der Waals surface area contributed by atoms with Gasteiger partial charge in [0.1, 0.15) is 5.75 Å². The molecule has 0 spiro atoms. The number of phenolic OH excluding ortho intramolecular Hbond substituents is 1. The molecular weight excluding hydrogens is 434 g/mol. The number of likely N-dealkylation sites (tertiary alicyclic amines) is 1. The van der Waals surface area contributed by atoms with Crippen molar-refractivity contribution in [2.75, 3.05) is 57.4 Å². The van der Waals surface area contributed by atoms with E-state index < -0.39 is 0 Å². The van der Waals surface area contributed by atoms with Crippen molar-refractivity contribution in [2.45, 2.75) is 26.2 Å². The summed E-state index contributed by atoms with van der Waals surface area (Å²) in [5.41, 5.74) is 1.31. The van der Waals surface area contributed by atoms with E-state index >= 15 is 0 Å². The lowest BCUT2D eigenvalue weighted by Crippen LogP contribution is -2.48. The van der Waals surface area contributed by atoms with Crippen molar-refractivity contribution in [1.82, 2.24) is 9.80 Å². The molecule has 2 aromatic rings. The fourth-order valence-corrected chi connectivity index (χ4v) is 4.47. The number of phenols is 1. The molecule has 8 heteroatoms. The molecule has 2 fully saturated rings. The van der Waals surface area contributed by atoms with Gasteiger partial charge in [-0.1, -0.05) is 12.1 Å². The number of ether oxygens (including phenoxy) is 2. The molecule has 2 saturated heterocycles. The zero-order valence-electron chi connectivity index (χ0n) is 19.7. The monoisotopic (exact) mass is 467 g/mol. The van der Waals surface area contributed by atoms with Gasteiger partial charge in [0, 0.05) is 44.8 Å². The van der Waals surface area contributed by atoms with Gasteiger partial charge in [-0.05, 0) is 56.5 Å². The highest BCUT2D eigenvalue weighted by molar-refractivity contribution is 5.95. The summed E-state index contributed by atoms with van der Waals surface area (Å²) in [6, 6.07) is 12.4. The van der Waals surface area contributed by atoms with E-state index in [0.29, 0.717) is 49.8 Å². The number of aromatic hydroxyl groups is 1. The maximum atomic E-state index is 13.2.